The fraction of sp³-hybridized carbons (Fsp3) is 0.350. The number of rotatable bonds is 2. The van der Waals surface area contributed by atoms with E-state index in [1.807, 2.05) is 45.9 Å². The molecule has 0 bridgehead atoms. The smallest absolute Gasteiger partial charge is 0.399 e. The monoisotopic (exact) mass is 352 g/mol. The molecule has 3 aromatic rings. The number of benzene rings is 1. The molecule has 1 aromatic carbocycles. The van der Waals surface area contributed by atoms with Crippen molar-refractivity contribution in [2.45, 2.75) is 45.8 Å². The van der Waals surface area contributed by atoms with Gasteiger partial charge in [0.25, 0.3) is 0 Å². The van der Waals surface area contributed by atoms with Gasteiger partial charge in [-0.15, -0.1) is 0 Å². The number of hydrogen-bond acceptors (Lipinski definition) is 3. The first-order chi connectivity index (χ1) is 12.2. The van der Waals surface area contributed by atoms with Crippen LogP contribution in [0.1, 0.15) is 33.3 Å². The Balaban J connectivity index is 1.72. The molecule has 3 heterocycles. The van der Waals surface area contributed by atoms with Gasteiger partial charge in [-0.2, -0.15) is 0 Å². The van der Waals surface area contributed by atoms with Gasteiger partial charge in [0.2, 0.25) is 0 Å². The van der Waals surface area contributed by atoms with Crippen molar-refractivity contribution in [2.75, 3.05) is 0 Å². The number of aromatic nitrogens is 2. The number of hydrogen-bond donors (Lipinski definition) is 1. The molecule has 26 heavy (non-hydrogen) atoms. The van der Waals surface area contributed by atoms with Gasteiger partial charge in [0.15, 0.2) is 0 Å². The van der Waals surface area contributed by atoms with Crippen LogP contribution in [0, 0.1) is 12.7 Å². The molecule has 4 rings (SSSR count). The summed E-state index contributed by atoms with van der Waals surface area (Å²) in [6, 6.07) is 8.07. The average molecular weight is 352 g/mol. The zero-order valence-corrected chi connectivity index (χ0v) is 15.7. The second-order valence-electron chi connectivity index (χ2n) is 7.91. The third-order valence-corrected chi connectivity index (χ3v) is 5.61. The van der Waals surface area contributed by atoms with E-state index in [0.29, 0.717) is 5.56 Å². The van der Waals surface area contributed by atoms with Crippen LogP contribution >= 0.6 is 0 Å². The van der Waals surface area contributed by atoms with E-state index in [-0.39, 0.29) is 17.0 Å². The van der Waals surface area contributed by atoms with E-state index in [9.17, 15) is 4.39 Å². The van der Waals surface area contributed by atoms with Crippen molar-refractivity contribution in [3.8, 4) is 11.3 Å². The van der Waals surface area contributed by atoms with Gasteiger partial charge >= 0.3 is 7.12 Å². The molecule has 134 valence electrons. The van der Waals surface area contributed by atoms with E-state index in [4.69, 9.17) is 9.31 Å². The van der Waals surface area contributed by atoms with Crippen molar-refractivity contribution in [1.29, 1.82) is 0 Å². The lowest BCUT2D eigenvalue weighted by Crippen LogP contribution is -2.41. The molecular weight excluding hydrogens is 330 g/mol. The Bertz CT molecular complexity index is 981. The van der Waals surface area contributed by atoms with E-state index in [0.717, 1.165) is 27.6 Å². The summed E-state index contributed by atoms with van der Waals surface area (Å²) in [6.07, 6.45) is 2.91. The molecule has 1 fully saturated rings. The van der Waals surface area contributed by atoms with Crippen LogP contribution in [-0.4, -0.2) is 28.3 Å². The lowest BCUT2D eigenvalue weighted by atomic mass is 9.78. The maximum Gasteiger partial charge on any atom is 0.494 e. The van der Waals surface area contributed by atoms with Crippen LogP contribution < -0.4 is 5.46 Å². The van der Waals surface area contributed by atoms with Gasteiger partial charge in [0.1, 0.15) is 5.82 Å². The topological polar surface area (TPSA) is 47.1 Å². The highest BCUT2D eigenvalue weighted by Crippen LogP contribution is 2.36. The molecule has 0 radical (unpaired) electrons. The summed E-state index contributed by atoms with van der Waals surface area (Å²) in [4.78, 5) is 7.31. The summed E-state index contributed by atoms with van der Waals surface area (Å²) >= 11 is 0. The molecule has 0 spiro atoms. The second-order valence-corrected chi connectivity index (χ2v) is 7.91. The summed E-state index contributed by atoms with van der Waals surface area (Å²) in [5, 5.41) is 1.02. The summed E-state index contributed by atoms with van der Waals surface area (Å²) < 4.78 is 26.1. The maximum absolute atomic E-state index is 13.8. The van der Waals surface area contributed by atoms with Crippen molar-refractivity contribution in [1.82, 2.24) is 9.97 Å². The number of nitrogens with zero attached hydrogens (tertiary/aromatic N) is 1. The van der Waals surface area contributed by atoms with Crippen LogP contribution in [0.5, 0.6) is 0 Å². The van der Waals surface area contributed by atoms with Gasteiger partial charge in [0, 0.05) is 23.0 Å². The molecule has 1 N–H and O–H groups in total. The minimum atomic E-state index is -0.402. The SMILES string of the molecule is Cc1c(F)cncc1-c1cc2cc(B3OC(C)(C)C(C)(C)O3)ccc2[nH]1. The van der Waals surface area contributed by atoms with Gasteiger partial charge < -0.3 is 14.3 Å². The molecule has 0 atom stereocenters. The molecule has 1 aliphatic heterocycles. The van der Waals surface area contributed by atoms with E-state index >= 15 is 0 Å². The molecule has 0 unspecified atom stereocenters. The Labute approximate surface area is 152 Å². The van der Waals surface area contributed by atoms with Gasteiger partial charge in [-0.25, -0.2) is 4.39 Å². The average Bonchev–Trinajstić information content (AvgIpc) is 3.07. The van der Waals surface area contributed by atoms with E-state index in [2.05, 4.69) is 16.0 Å². The predicted molar refractivity (Wildman–Crippen MR) is 102 cm³/mol. The number of halogens is 1. The Morgan fingerprint density at radius 3 is 2.42 bits per heavy atom. The Morgan fingerprint density at radius 2 is 1.73 bits per heavy atom. The van der Waals surface area contributed by atoms with Crippen LogP contribution in [0.2, 0.25) is 0 Å². The highest BCUT2D eigenvalue weighted by molar-refractivity contribution is 6.62. The number of nitrogens with one attached hydrogen (secondary N) is 1. The van der Waals surface area contributed by atoms with Crippen LogP contribution in [0.15, 0.2) is 36.7 Å². The molecule has 0 aliphatic carbocycles. The summed E-state index contributed by atoms with van der Waals surface area (Å²) in [6.45, 7) is 9.92. The molecule has 1 aliphatic rings. The molecule has 0 saturated carbocycles. The van der Waals surface area contributed by atoms with Crippen molar-refractivity contribution in [2.24, 2.45) is 0 Å². The normalized spacial score (nSPS) is 18.6. The highest BCUT2D eigenvalue weighted by atomic mass is 19.1. The molecule has 1 saturated heterocycles. The number of fused-ring (bicyclic) bond motifs is 1. The highest BCUT2D eigenvalue weighted by Gasteiger charge is 2.51. The molecular formula is C20H22BFN2O2. The fourth-order valence-corrected chi connectivity index (χ4v) is 3.19. The maximum atomic E-state index is 13.8. The summed E-state index contributed by atoms with van der Waals surface area (Å²) in [5.41, 5.74) is 3.38. The fourth-order valence-electron chi connectivity index (χ4n) is 3.19. The van der Waals surface area contributed by atoms with E-state index in [1.165, 1.54) is 6.20 Å². The molecule has 0 amide bonds. The van der Waals surface area contributed by atoms with Gasteiger partial charge in [-0.1, -0.05) is 12.1 Å². The first-order valence-electron chi connectivity index (χ1n) is 8.77. The summed E-state index contributed by atoms with van der Waals surface area (Å²) in [5.74, 6) is -0.306. The molecule has 2 aromatic heterocycles. The van der Waals surface area contributed by atoms with Gasteiger partial charge in [0.05, 0.1) is 17.4 Å². The zero-order chi connectivity index (χ0) is 18.7. The van der Waals surface area contributed by atoms with Crippen molar-refractivity contribution in [3.05, 3.63) is 48.0 Å². The number of pyridine rings is 1. The number of aromatic amines is 1. The van der Waals surface area contributed by atoms with Crippen molar-refractivity contribution < 1.29 is 13.7 Å². The van der Waals surface area contributed by atoms with Crippen LogP contribution in [0.25, 0.3) is 22.2 Å². The minimum absolute atomic E-state index is 0.306. The summed E-state index contributed by atoms with van der Waals surface area (Å²) in [7, 11) is -0.402. The van der Waals surface area contributed by atoms with Crippen LogP contribution in [-0.2, 0) is 9.31 Å². The first kappa shape index (κ1) is 17.2. The van der Waals surface area contributed by atoms with Gasteiger partial charge in [-0.3, -0.25) is 4.98 Å². The quantitative estimate of drug-likeness (QED) is 0.710. The Kier molecular flexibility index (Phi) is 3.76. The second kappa shape index (κ2) is 5.66. The van der Waals surface area contributed by atoms with Crippen LogP contribution in [0.3, 0.4) is 0 Å². The third-order valence-electron chi connectivity index (χ3n) is 5.61. The van der Waals surface area contributed by atoms with Crippen molar-refractivity contribution in [3.63, 3.8) is 0 Å². The lowest BCUT2D eigenvalue weighted by Gasteiger charge is -2.32. The largest absolute Gasteiger partial charge is 0.494 e. The lowest BCUT2D eigenvalue weighted by molar-refractivity contribution is 0.00578. The molecule has 6 heteroatoms. The van der Waals surface area contributed by atoms with Gasteiger partial charge in [-0.05, 0) is 63.2 Å². The van der Waals surface area contributed by atoms with E-state index in [1.54, 1.807) is 13.1 Å². The van der Waals surface area contributed by atoms with Crippen LogP contribution in [0.4, 0.5) is 4.39 Å². The first-order valence-corrected chi connectivity index (χ1v) is 8.77. The van der Waals surface area contributed by atoms with Crippen molar-refractivity contribution >= 4 is 23.5 Å². The Morgan fingerprint density at radius 1 is 1.04 bits per heavy atom. The number of H-pyrrole nitrogens is 1. The minimum Gasteiger partial charge on any atom is -0.399 e. The molecule has 4 nitrogen and oxygen atoms in total. The standard InChI is InChI=1S/C20H22BFN2O2/c1-12-15(10-23-11-16(12)22)18-9-13-8-14(6-7-17(13)24-18)21-25-19(2,3)20(4,5)26-21/h6-11,24H,1-5H3. The zero-order valence-electron chi connectivity index (χ0n) is 15.7. The predicted octanol–water partition coefficient (Wildman–Crippen LogP) is 3.98. The Hall–Kier alpha value is -2.18. The van der Waals surface area contributed by atoms with E-state index < -0.39 is 7.12 Å². The third kappa shape index (κ3) is 2.64.